The molecular weight excluding hydrogens is 494 g/mol. The second-order valence-corrected chi connectivity index (χ2v) is 9.61. The zero-order chi connectivity index (χ0) is 22.0. The number of nitrogens with zero attached hydrogens (tertiary/aromatic N) is 1. The third-order valence-corrected chi connectivity index (χ3v) is 6.68. The zero-order valence-electron chi connectivity index (χ0n) is 16.5. The Morgan fingerprint density at radius 3 is 2.45 bits per heavy atom. The summed E-state index contributed by atoms with van der Waals surface area (Å²) in [4.78, 5) is 27.3. The van der Waals surface area contributed by atoms with Gasteiger partial charge in [0.1, 0.15) is 0 Å². The molecule has 0 saturated heterocycles. The predicted molar refractivity (Wildman–Crippen MR) is 125 cm³/mol. The van der Waals surface area contributed by atoms with Crippen LogP contribution in [0.25, 0.3) is 0 Å². The molecule has 2 amide bonds. The van der Waals surface area contributed by atoms with Gasteiger partial charge in [0.25, 0.3) is 0 Å². The Balaban J connectivity index is 1.41. The molecule has 0 aliphatic carbocycles. The number of anilines is 1. The van der Waals surface area contributed by atoms with Crippen LogP contribution >= 0.6 is 23.2 Å². The van der Waals surface area contributed by atoms with Crippen molar-refractivity contribution in [3.05, 3.63) is 99.0 Å². The molecule has 0 spiro atoms. The van der Waals surface area contributed by atoms with Gasteiger partial charge in [-0.05, 0) is 0 Å². The molecule has 0 bridgehead atoms. The van der Waals surface area contributed by atoms with E-state index in [9.17, 15) is 9.59 Å². The van der Waals surface area contributed by atoms with Crippen molar-refractivity contribution in [1.82, 2.24) is 4.90 Å². The van der Waals surface area contributed by atoms with Gasteiger partial charge in [-0.25, -0.2) is 0 Å². The maximum absolute atomic E-state index is 13.0. The minimum absolute atomic E-state index is 0.0529. The van der Waals surface area contributed by atoms with Gasteiger partial charge < -0.3 is 0 Å². The normalized spacial score (nSPS) is 13.6. The van der Waals surface area contributed by atoms with Gasteiger partial charge in [-0.2, -0.15) is 0 Å². The van der Waals surface area contributed by atoms with Crippen LogP contribution in [0, 0.1) is 0 Å². The minimum atomic E-state index is -0.266. The fraction of sp³-hybridized carbons (Fsp3) is 0.167. The molecule has 156 valence electrons. The molecule has 31 heavy (non-hydrogen) atoms. The Bertz CT molecular complexity index is 1140. The quantitative estimate of drug-likeness (QED) is 0.472. The van der Waals surface area contributed by atoms with Crippen molar-refractivity contribution in [1.29, 1.82) is 0 Å². The van der Waals surface area contributed by atoms with Crippen LogP contribution in [0.3, 0.4) is 0 Å². The summed E-state index contributed by atoms with van der Waals surface area (Å²) in [5, 5.41) is 4.07. The molecule has 1 heterocycles. The number of benzene rings is 3. The molecule has 4 nitrogen and oxygen atoms in total. The summed E-state index contributed by atoms with van der Waals surface area (Å²) in [7, 11) is 0. The van der Waals surface area contributed by atoms with Crippen LogP contribution < -0.4 is 5.32 Å². The molecule has 0 fully saturated rings. The molecule has 1 atom stereocenters. The Kier molecular flexibility index (Phi) is 6.71. The van der Waals surface area contributed by atoms with E-state index < -0.39 is 0 Å². The molecule has 7 heteroatoms. The predicted octanol–water partition coefficient (Wildman–Crippen LogP) is 5.29. The van der Waals surface area contributed by atoms with Crippen molar-refractivity contribution in [2.45, 2.75) is 24.2 Å². The number of hydrogen-bond acceptors (Lipinski definition) is 2. The Labute approximate surface area is 200 Å². The van der Waals surface area contributed by atoms with Gasteiger partial charge in [0, 0.05) is 0 Å². The van der Waals surface area contributed by atoms with Crippen molar-refractivity contribution in [2.24, 2.45) is 0 Å². The Morgan fingerprint density at radius 1 is 0.968 bits per heavy atom. The first kappa shape index (κ1) is 22.0. The first-order chi connectivity index (χ1) is 14.9. The van der Waals surface area contributed by atoms with Gasteiger partial charge in [0.15, 0.2) is 0 Å². The van der Waals surface area contributed by atoms with Gasteiger partial charge in [-0.1, -0.05) is 6.07 Å². The SMILES string of the molecule is O=C(Nc1ccc2c(c1)CN(C(=O)[C@H]([As])Cc1ccc(Cl)cc1Cl)C2)c1ccccc1. The van der Waals surface area contributed by atoms with Gasteiger partial charge >= 0.3 is 195 Å². The van der Waals surface area contributed by atoms with Crippen molar-refractivity contribution < 1.29 is 9.59 Å². The third-order valence-electron chi connectivity index (χ3n) is 5.25. The van der Waals surface area contributed by atoms with Crippen LogP contribution in [0.2, 0.25) is 14.8 Å². The standard InChI is InChI=1S/C24H19AsCl2N2O2/c25-21(11-16-6-8-19(26)12-22(16)27)24(31)29-13-17-7-9-20(10-18(17)14-29)28-23(30)15-4-2-1-3-5-15/h1-10,12,21H,11,13-14H2,(H,28,30)/t21-/m1/s1. The topological polar surface area (TPSA) is 49.4 Å². The monoisotopic (exact) mass is 512 g/mol. The van der Waals surface area contributed by atoms with Gasteiger partial charge in [-0.3, -0.25) is 0 Å². The second kappa shape index (κ2) is 9.48. The van der Waals surface area contributed by atoms with Gasteiger partial charge in [-0.15, -0.1) is 0 Å². The summed E-state index contributed by atoms with van der Waals surface area (Å²) in [6, 6.07) is 20.2. The second-order valence-electron chi connectivity index (χ2n) is 7.45. The summed E-state index contributed by atoms with van der Waals surface area (Å²) in [5.41, 5.74) is 4.36. The van der Waals surface area contributed by atoms with Crippen LogP contribution in [-0.2, 0) is 24.3 Å². The number of halogens is 2. The van der Waals surface area contributed by atoms with Gasteiger partial charge in [0.2, 0.25) is 0 Å². The van der Waals surface area contributed by atoms with E-state index in [1.165, 1.54) is 0 Å². The van der Waals surface area contributed by atoms with E-state index in [4.69, 9.17) is 23.2 Å². The Hall–Kier alpha value is -2.26. The maximum atomic E-state index is 13.0. The van der Waals surface area contributed by atoms with Crippen LogP contribution in [0.1, 0.15) is 27.0 Å². The zero-order valence-corrected chi connectivity index (χ0v) is 19.9. The molecule has 1 aliphatic rings. The van der Waals surface area contributed by atoms with E-state index in [1.54, 1.807) is 24.3 Å². The van der Waals surface area contributed by atoms with E-state index in [2.05, 4.69) is 22.2 Å². The van der Waals surface area contributed by atoms with Crippen molar-refractivity contribution in [2.75, 3.05) is 5.32 Å². The van der Waals surface area contributed by atoms with E-state index >= 15 is 0 Å². The fourth-order valence-electron chi connectivity index (χ4n) is 3.61. The van der Waals surface area contributed by atoms with Crippen molar-refractivity contribution >= 4 is 57.6 Å². The molecule has 2 radical (unpaired) electrons. The van der Waals surface area contributed by atoms with Crippen LogP contribution in [-0.4, -0.2) is 33.6 Å². The van der Waals surface area contributed by atoms with Crippen LogP contribution in [0.5, 0.6) is 0 Å². The van der Waals surface area contributed by atoms with Crippen molar-refractivity contribution in [3.8, 4) is 0 Å². The number of fused-ring (bicyclic) bond motifs is 1. The average molecular weight is 513 g/mol. The molecule has 4 rings (SSSR count). The summed E-state index contributed by atoms with van der Waals surface area (Å²) in [6.07, 6.45) is 0.528. The third kappa shape index (κ3) is 5.15. The molecule has 0 saturated carbocycles. The molecule has 1 N–H and O–H groups in total. The number of rotatable bonds is 5. The van der Waals surface area contributed by atoms with E-state index in [1.807, 2.05) is 47.4 Å². The van der Waals surface area contributed by atoms with E-state index in [0.717, 1.165) is 22.4 Å². The fourth-order valence-corrected chi connectivity index (χ4v) is 4.86. The first-order valence-electron chi connectivity index (χ1n) is 9.79. The summed E-state index contributed by atoms with van der Waals surface area (Å²) >= 11 is 14.7. The molecular formula is C24H19AsCl2N2O2. The number of amides is 2. The summed E-state index contributed by atoms with van der Waals surface area (Å²) < 4.78 is -0.266. The van der Waals surface area contributed by atoms with Crippen LogP contribution in [0.15, 0.2) is 66.7 Å². The molecule has 0 unspecified atom stereocenters. The first-order valence-corrected chi connectivity index (χ1v) is 11.6. The summed E-state index contributed by atoms with van der Waals surface area (Å²) in [5.74, 6) is -0.102. The van der Waals surface area contributed by atoms with Crippen LogP contribution in [0.4, 0.5) is 5.69 Å². The average Bonchev–Trinajstić information content (AvgIpc) is 3.19. The molecule has 0 aromatic heterocycles. The Morgan fingerprint density at radius 2 is 1.71 bits per heavy atom. The molecule has 1 aliphatic heterocycles. The van der Waals surface area contributed by atoms with Gasteiger partial charge in [0.05, 0.1) is 0 Å². The van der Waals surface area contributed by atoms with Crippen molar-refractivity contribution in [3.63, 3.8) is 0 Å². The number of nitrogens with one attached hydrogen (secondary N) is 1. The molecule has 3 aromatic carbocycles. The number of hydrogen-bond donors (Lipinski definition) is 1. The number of carbonyl (C=O) groups is 2. The molecule has 3 aromatic rings. The van der Waals surface area contributed by atoms with E-state index in [-0.39, 0.29) is 16.5 Å². The summed E-state index contributed by atoms with van der Waals surface area (Å²) in [6.45, 7) is 1.08. The number of carbonyl (C=O) groups excluding carboxylic acids is 2. The van der Waals surface area contributed by atoms with E-state index in [0.29, 0.717) is 35.1 Å².